The van der Waals surface area contributed by atoms with Gasteiger partial charge in [0.05, 0.1) is 0 Å². The molecule has 0 aliphatic heterocycles. The number of alkyl halides is 1. The second-order valence-electron chi connectivity index (χ2n) is 2.51. The quantitative estimate of drug-likeness (QED) is 0.628. The molecule has 1 aliphatic carbocycles. The molecule has 0 fully saturated rings. The van der Waals surface area contributed by atoms with Gasteiger partial charge >= 0.3 is 0 Å². The van der Waals surface area contributed by atoms with Crippen LogP contribution in [0.2, 0.25) is 0 Å². The van der Waals surface area contributed by atoms with Crippen LogP contribution in [0.3, 0.4) is 0 Å². The molecule has 2 heteroatoms. The van der Waals surface area contributed by atoms with Crippen LogP contribution >= 0.6 is 31.9 Å². The highest BCUT2D eigenvalue weighted by Gasteiger charge is 2.22. The summed E-state index contributed by atoms with van der Waals surface area (Å²) in [5.41, 5.74) is 2.92. The molecule has 0 saturated heterocycles. The third kappa shape index (κ3) is 0.940. The lowest BCUT2D eigenvalue weighted by Gasteiger charge is -2.24. The van der Waals surface area contributed by atoms with Gasteiger partial charge in [-0.05, 0) is 29.7 Å². The van der Waals surface area contributed by atoms with Crippen molar-refractivity contribution in [1.29, 1.82) is 0 Å². The molecule has 1 atom stereocenters. The fourth-order valence-electron chi connectivity index (χ4n) is 1.23. The van der Waals surface area contributed by atoms with Crippen molar-refractivity contribution in [2.24, 2.45) is 0 Å². The summed E-state index contributed by atoms with van der Waals surface area (Å²) in [6.07, 6.45) is 1.18. The van der Waals surface area contributed by atoms with Crippen molar-refractivity contribution in [3.05, 3.63) is 33.8 Å². The Labute approximate surface area is 76.9 Å². The Morgan fingerprint density at radius 3 is 2.80 bits per heavy atom. The van der Waals surface area contributed by atoms with Crippen LogP contribution < -0.4 is 0 Å². The molecule has 0 heterocycles. The summed E-state index contributed by atoms with van der Waals surface area (Å²) in [4.78, 5) is 0.607. The molecule has 0 spiro atoms. The fourth-order valence-corrected chi connectivity index (χ4v) is 2.43. The molecule has 52 valence electrons. The predicted molar refractivity (Wildman–Crippen MR) is 49.5 cm³/mol. The van der Waals surface area contributed by atoms with Crippen LogP contribution in [0.1, 0.15) is 16.0 Å². The molecular formula is C8H6Br2. The van der Waals surface area contributed by atoms with Gasteiger partial charge in [0, 0.05) is 9.30 Å². The largest absolute Gasteiger partial charge is 0.0835 e. The van der Waals surface area contributed by atoms with E-state index in [1.54, 1.807) is 0 Å². The van der Waals surface area contributed by atoms with Crippen molar-refractivity contribution in [1.82, 2.24) is 0 Å². The number of hydrogen-bond acceptors (Lipinski definition) is 0. The average molecular weight is 262 g/mol. The van der Waals surface area contributed by atoms with Gasteiger partial charge in [0.15, 0.2) is 0 Å². The molecule has 1 aliphatic rings. The van der Waals surface area contributed by atoms with Crippen molar-refractivity contribution in [3.8, 4) is 0 Å². The van der Waals surface area contributed by atoms with Crippen molar-refractivity contribution >= 4 is 31.9 Å². The Hall–Kier alpha value is 0.180. The van der Waals surface area contributed by atoms with E-state index in [4.69, 9.17) is 0 Å². The third-order valence-electron chi connectivity index (χ3n) is 1.84. The van der Waals surface area contributed by atoms with Crippen LogP contribution in [0.4, 0.5) is 0 Å². The van der Waals surface area contributed by atoms with E-state index in [0.717, 1.165) is 0 Å². The first-order valence-electron chi connectivity index (χ1n) is 3.20. The summed E-state index contributed by atoms with van der Waals surface area (Å²) in [5, 5.41) is 0. The monoisotopic (exact) mass is 260 g/mol. The van der Waals surface area contributed by atoms with Crippen molar-refractivity contribution in [3.63, 3.8) is 0 Å². The van der Waals surface area contributed by atoms with E-state index in [1.165, 1.54) is 22.0 Å². The van der Waals surface area contributed by atoms with Gasteiger partial charge < -0.3 is 0 Å². The van der Waals surface area contributed by atoms with E-state index in [-0.39, 0.29) is 0 Å². The second-order valence-corrected chi connectivity index (χ2v) is 4.54. The Balaban J connectivity index is 2.49. The van der Waals surface area contributed by atoms with Gasteiger partial charge in [0.2, 0.25) is 0 Å². The Morgan fingerprint density at radius 2 is 2.20 bits per heavy atom. The molecule has 0 N–H and O–H groups in total. The third-order valence-corrected chi connectivity index (χ3v) is 3.15. The van der Waals surface area contributed by atoms with Gasteiger partial charge in [0.1, 0.15) is 0 Å². The maximum atomic E-state index is 3.57. The molecule has 1 unspecified atom stereocenters. The van der Waals surface area contributed by atoms with E-state index >= 15 is 0 Å². The van der Waals surface area contributed by atoms with E-state index in [9.17, 15) is 0 Å². The number of halogens is 2. The fraction of sp³-hybridized carbons (Fsp3) is 0.250. The minimum atomic E-state index is 0.607. The standard InChI is InChI=1S/C8H6Br2/c9-6-1-2-7-5(3-6)4-8(7)10/h1-3,8H,4H2. The normalized spacial score (nSPS) is 21.6. The van der Waals surface area contributed by atoms with Gasteiger partial charge in [-0.15, -0.1) is 0 Å². The molecule has 0 nitrogen and oxygen atoms in total. The van der Waals surface area contributed by atoms with Crippen molar-refractivity contribution in [2.45, 2.75) is 11.2 Å². The average Bonchev–Trinajstić information content (AvgIpc) is 1.86. The topological polar surface area (TPSA) is 0 Å². The minimum absolute atomic E-state index is 0.607. The highest BCUT2D eigenvalue weighted by molar-refractivity contribution is 9.10. The van der Waals surface area contributed by atoms with Crippen LogP contribution in [0.25, 0.3) is 0 Å². The van der Waals surface area contributed by atoms with Crippen LogP contribution in [-0.2, 0) is 6.42 Å². The molecule has 10 heavy (non-hydrogen) atoms. The summed E-state index contributed by atoms with van der Waals surface area (Å²) < 4.78 is 1.19. The smallest absolute Gasteiger partial charge is 0.0438 e. The summed E-state index contributed by atoms with van der Waals surface area (Å²) in [6.45, 7) is 0. The molecule has 0 bridgehead atoms. The number of hydrogen-bond donors (Lipinski definition) is 0. The number of rotatable bonds is 0. The Morgan fingerprint density at radius 1 is 1.40 bits per heavy atom. The van der Waals surface area contributed by atoms with E-state index in [0.29, 0.717) is 4.83 Å². The number of benzene rings is 1. The lowest BCUT2D eigenvalue weighted by molar-refractivity contribution is 0.828. The number of fused-ring (bicyclic) bond motifs is 1. The first-order chi connectivity index (χ1) is 4.77. The molecule has 0 amide bonds. The van der Waals surface area contributed by atoms with Crippen molar-refractivity contribution < 1.29 is 0 Å². The van der Waals surface area contributed by atoms with Gasteiger partial charge in [-0.1, -0.05) is 37.9 Å². The molecule has 1 aromatic rings. The highest BCUT2D eigenvalue weighted by Crippen LogP contribution is 2.40. The van der Waals surface area contributed by atoms with Gasteiger partial charge in [-0.3, -0.25) is 0 Å². The lowest BCUT2D eigenvalue weighted by atomic mass is 9.89. The summed E-state index contributed by atoms with van der Waals surface area (Å²) in [7, 11) is 0. The van der Waals surface area contributed by atoms with Gasteiger partial charge in [-0.25, -0.2) is 0 Å². The van der Waals surface area contributed by atoms with E-state index in [2.05, 4.69) is 50.1 Å². The van der Waals surface area contributed by atoms with E-state index < -0.39 is 0 Å². The van der Waals surface area contributed by atoms with Gasteiger partial charge in [-0.2, -0.15) is 0 Å². The van der Waals surface area contributed by atoms with Crippen LogP contribution in [0.5, 0.6) is 0 Å². The molecule has 0 aromatic heterocycles. The predicted octanol–water partition coefficient (Wildman–Crippen LogP) is 3.44. The molecular weight excluding hydrogens is 256 g/mol. The molecule has 2 rings (SSSR count). The van der Waals surface area contributed by atoms with Crippen LogP contribution in [0, 0.1) is 0 Å². The summed E-state index contributed by atoms with van der Waals surface area (Å²) in [5.74, 6) is 0. The second kappa shape index (κ2) is 2.35. The van der Waals surface area contributed by atoms with E-state index in [1.807, 2.05) is 0 Å². The highest BCUT2D eigenvalue weighted by atomic mass is 79.9. The SMILES string of the molecule is Brc1ccc2c(c1)CC2Br. The summed E-state index contributed by atoms with van der Waals surface area (Å²) >= 11 is 7.00. The zero-order valence-electron chi connectivity index (χ0n) is 5.27. The van der Waals surface area contributed by atoms with Crippen LogP contribution in [-0.4, -0.2) is 0 Å². The Bertz CT molecular complexity index is 268. The van der Waals surface area contributed by atoms with Crippen LogP contribution in [0.15, 0.2) is 22.7 Å². The molecule has 0 radical (unpaired) electrons. The maximum absolute atomic E-state index is 3.57. The van der Waals surface area contributed by atoms with Crippen molar-refractivity contribution in [2.75, 3.05) is 0 Å². The summed E-state index contributed by atoms with van der Waals surface area (Å²) in [6, 6.07) is 6.45. The zero-order valence-corrected chi connectivity index (χ0v) is 8.44. The van der Waals surface area contributed by atoms with Gasteiger partial charge in [0.25, 0.3) is 0 Å². The Kier molecular flexibility index (Phi) is 1.61. The minimum Gasteiger partial charge on any atom is -0.0835 e. The first kappa shape index (κ1) is 6.86. The maximum Gasteiger partial charge on any atom is 0.0438 e. The first-order valence-corrected chi connectivity index (χ1v) is 4.90. The zero-order chi connectivity index (χ0) is 7.14. The lowest BCUT2D eigenvalue weighted by Crippen LogP contribution is -2.10. The molecule has 1 aromatic carbocycles. The molecule has 0 saturated carbocycles.